The van der Waals surface area contributed by atoms with Crippen molar-refractivity contribution in [3.8, 4) is 0 Å². The first-order chi connectivity index (χ1) is 13.4. The number of nitrogens with zero attached hydrogens (tertiary/aromatic N) is 2. The number of thiazole rings is 1. The third kappa shape index (κ3) is 5.49. The van der Waals surface area contributed by atoms with Crippen LogP contribution in [0.5, 0.6) is 0 Å². The summed E-state index contributed by atoms with van der Waals surface area (Å²) >= 11 is 1.52. The quantitative estimate of drug-likeness (QED) is 0.683. The maximum absolute atomic E-state index is 12.3. The summed E-state index contributed by atoms with van der Waals surface area (Å²) in [5, 5.41) is 3.45. The van der Waals surface area contributed by atoms with Crippen molar-refractivity contribution in [3.63, 3.8) is 0 Å². The van der Waals surface area contributed by atoms with Crippen LogP contribution >= 0.6 is 11.3 Å². The molecule has 2 aromatic rings. The molecule has 6 heteroatoms. The zero-order chi connectivity index (χ0) is 20.1. The standard InChI is InChI=1S/C22H29N3O2S/c1-15-7-8-18(12-16(15)2)20(26)9-10-21(27)24-22-23-13-19(28-22)14-25-11-5-4-6-17(25)3/h7-8,12-13,17H,4-6,9-11,14H2,1-3H3,(H,23,24,27). The van der Waals surface area contributed by atoms with Gasteiger partial charge in [-0.25, -0.2) is 4.98 Å². The van der Waals surface area contributed by atoms with Gasteiger partial charge in [0.05, 0.1) is 0 Å². The molecule has 1 atom stereocenters. The van der Waals surface area contributed by atoms with Gasteiger partial charge in [0.2, 0.25) is 5.91 Å². The van der Waals surface area contributed by atoms with Crippen molar-refractivity contribution in [1.82, 2.24) is 9.88 Å². The van der Waals surface area contributed by atoms with Gasteiger partial charge in [0.1, 0.15) is 0 Å². The lowest BCUT2D eigenvalue weighted by Crippen LogP contribution is -2.36. The van der Waals surface area contributed by atoms with E-state index in [4.69, 9.17) is 0 Å². The molecule has 1 N–H and O–H groups in total. The predicted molar refractivity (Wildman–Crippen MR) is 114 cm³/mol. The Kier molecular flexibility index (Phi) is 6.97. The van der Waals surface area contributed by atoms with Crippen LogP contribution < -0.4 is 5.32 Å². The number of aryl methyl sites for hydroxylation is 2. The van der Waals surface area contributed by atoms with Crippen molar-refractivity contribution < 1.29 is 9.59 Å². The molecule has 1 aliphatic heterocycles. The summed E-state index contributed by atoms with van der Waals surface area (Å²) < 4.78 is 0. The molecule has 0 radical (unpaired) electrons. The summed E-state index contributed by atoms with van der Waals surface area (Å²) in [7, 11) is 0. The molecule has 1 amide bonds. The Morgan fingerprint density at radius 3 is 2.79 bits per heavy atom. The number of hydrogen-bond acceptors (Lipinski definition) is 5. The number of likely N-dealkylation sites (tertiary alicyclic amines) is 1. The van der Waals surface area contributed by atoms with E-state index in [1.807, 2.05) is 38.2 Å². The number of ketones is 1. The van der Waals surface area contributed by atoms with Crippen LogP contribution in [0, 0.1) is 13.8 Å². The van der Waals surface area contributed by atoms with Crippen molar-refractivity contribution in [2.45, 2.75) is 65.5 Å². The minimum atomic E-state index is -0.163. The van der Waals surface area contributed by atoms with Crippen LogP contribution in [0.15, 0.2) is 24.4 Å². The number of hydrogen-bond donors (Lipinski definition) is 1. The fourth-order valence-electron chi connectivity index (χ4n) is 3.50. The molecule has 2 heterocycles. The number of benzene rings is 1. The average Bonchev–Trinajstić information content (AvgIpc) is 3.10. The zero-order valence-electron chi connectivity index (χ0n) is 17.0. The number of carbonyl (C=O) groups is 2. The molecule has 0 saturated carbocycles. The summed E-state index contributed by atoms with van der Waals surface area (Å²) in [4.78, 5) is 32.5. The molecule has 0 aliphatic carbocycles. The molecule has 1 aromatic carbocycles. The zero-order valence-corrected chi connectivity index (χ0v) is 17.8. The van der Waals surface area contributed by atoms with Gasteiger partial charge in [0, 0.05) is 42.1 Å². The highest BCUT2D eigenvalue weighted by atomic mass is 32.1. The van der Waals surface area contributed by atoms with Gasteiger partial charge in [-0.05, 0) is 57.4 Å². The number of piperidine rings is 1. The van der Waals surface area contributed by atoms with Crippen molar-refractivity contribution in [2.24, 2.45) is 0 Å². The lowest BCUT2D eigenvalue weighted by Gasteiger charge is -2.32. The molecule has 28 heavy (non-hydrogen) atoms. The van der Waals surface area contributed by atoms with Gasteiger partial charge in [-0.1, -0.05) is 18.6 Å². The first kappa shape index (κ1) is 20.7. The first-order valence-corrected chi connectivity index (χ1v) is 10.8. The number of anilines is 1. The summed E-state index contributed by atoms with van der Waals surface area (Å²) in [5.41, 5.74) is 2.92. The maximum Gasteiger partial charge on any atom is 0.226 e. The van der Waals surface area contributed by atoms with Gasteiger partial charge in [-0.15, -0.1) is 11.3 Å². The van der Waals surface area contributed by atoms with E-state index in [1.165, 1.54) is 30.6 Å². The van der Waals surface area contributed by atoms with Crippen LogP contribution in [-0.2, 0) is 11.3 Å². The highest BCUT2D eigenvalue weighted by Gasteiger charge is 2.19. The van der Waals surface area contributed by atoms with Gasteiger partial charge < -0.3 is 5.32 Å². The fraction of sp³-hybridized carbons (Fsp3) is 0.500. The number of Topliss-reactive ketones (excluding diaryl/α,β-unsaturated/α-hetero) is 1. The fourth-order valence-corrected chi connectivity index (χ4v) is 4.35. The van der Waals surface area contributed by atoms with Crippen LogP contribution in [-0.4, -0.2) is 34.2 Å². The Morgan fingerprint density at radius 1 is 1.21 bits per heavy atom. The van der Waals surface area contributed by atoms with E-state index in [-0.39, 0.29) is 24.5 Å². The van der Waals surface area contributed by atoms with Crippen LogP contribution in [0.3, 0.4) is 0 Å². The van der Waals surface area contributed by atoms with Gasteiger partial charge in [-0.3, -0.25) is 14.5 Å². The minimum Gasteiger partial charge on any atom is -0.302 e. The molecule has 1 fully saturated rings. The second-order valence-corrected chi connectivity index (χ2v) is 8.83. The third-order valence-electron chi connectivity index (χ3n) is 5.51. The number of aromatic nitrogens is 1. The lowest BCUT2D eigenvalue weighted by atomic mass is 10.0. The first-order valence-electron chi connectivity index (χ1n) is 10.0. The van der Waals surface area contributed by atoms with E-state index >= 15 is 0 Å². The maximum atomic E-state index is 12.3. The topological polar surface area (TPSA) is 62.3 Å². The lowest BCUT2D eigenvalue weighted by molar-refractivity contribution is -0.116. The third-order valence-corrected chi connectivity index (χ3v) is 6.40. The summed E-state index contributed by atoms with van der Waals surface area (Å²) in [6.07, 6.45) is 6.03. The Labute approximate surface area is 171 Å². The molecule has 1 unspecified atom stereocenters. The van der Waals surface area contributed by atoms with Gasteiger partial charge in [0.15, 0.2) is 10.9 Å². The number of amides is 1. The second-order valence-electron chi connectivity index (χ2n) is 7.72. The van der Waals surface area contributed by atoms with E-state index in [0.29, 0.717) is 16.7 Å². The van der Waals surface area contributed by atoms with E-state index in [1.54, 1.807) is 0 Å². The normalized spacial score (nSPS) is 17.5. The Morgan fingerprint density at radius 2 is 2.04 bits per heavy atom. The van der Waals surface area contributed by atoms with E-state index < -0.39 is 0 Å². The summed E-state index contributed by atoms with van der Waals surface area (Å²) in [6, 6.07) is 6.27. The van der Waals surface area contributed by atoms with Crippen molar-refractivity contribution in [2.75, 3.05) is 11.9 Å². The van der Waals surface area contributed by atoms with Crippen molar-refractivity contribution in [3.05, 3.63) is 46.0 Å². The predicted octanol–water partition coefficient (Wildman–Crippen LogP) is 4.74. The van der Waals surface area contributed by atoms with Gasteiger partial charge in [0.25, 0.3) is 0 Å². The van der Waals surface area contributed by atoms with Gasteiger partial charge >= 0.3 is 0 Å². The van der Waals surface area contributed by atoms with Crippen molar-refractivity contribution in [1.29, 1.82) is 0 Å². The average molecular weight is 400 g/mol. The number of rotatable bonds is 7. The van der Waals surface area contributed by atoms with E-state index in [9.17, 15) is 9.59 Å². The Balaban J connectivity index is 1.47. The molecule has 150 valence electrons. The SMILES string of the molecule is Cc1ccc(C(=O)CCC(=O)Nc2ncc(CN3CCCCC3C)s2)cc1C. The van der Waals surface area contributed by atoms with Gasteiger partial charge in [-0.2, -0.15) is 0 Å². The number of carbonyl (C=O) groups excluding carboxylic acids is 2. The van der Waals surface area contributed by atoms with E-state index in [0.717, 1.165) is 29.1 Å². The second kappa shape index (κ2) is 9.43. The monoisotopic (exact) mass is 399 g/mol. The largest absolute Gasteiger partial charge is 0.302 e. The van der Waals surface area contributed by atoms with Crippen LogP contribution in [0.2, 0.25) is 0 Å². The van der Waals surface area contributed by atoms with E-state index in [2.05, 4.69) is 22.1 Å². The van der Waals surface area contributed by atoms with Crippen LogP contribution in [0.1, 0.15) is 65.4 Å². The van der Waals surface area contributed by atoms with Crippen LogP contribution in [0.25, 0.3) is 0 Å². The molecule has 0 bridgehead atoms. The molecular weight excluding hydrogens is 370 g/mol. The molecule has 1 aromatic heterocycles. The molecule has 0 spiro atoms. The Hall–Kier alpha value is -2.05. The summed E-state index contributed by atoms with van der Waals surface area (Å²) in [6.45, 7) is 8.30. The van der Waals surface area contributed by atoms with Crippen molar-refractivity contribution >= 4 is 28.2 Å². The Bertz CT molecular complexity index is 846. The molecular formula is C22H29N3O2S. The minimum absolute atomic E-state index is 0.00263. The molecule has 5 nitrogen and oxygen atoms in total. The number of nitrogens with one attached hydrogen (secondary N) is 1. The highest BCUT2D eigenvalue weighted by molar-refractivity contribution is 7.15. The molecule has 1 saturated heterocycles. The summed E-state index contributed by atoms with van der Waals surface area (Å²) in [5.74, 6) is -0.165. The highest BCUT2D eigenvalue weighted by Crippen LogP contribution is 2.24. The van der Waals surface area contributed by atoms with Crippen LogP contribution in [0.4, 0.5) is 5.13 Å². The molecule has 3 rings (SSSR count). The smallest absolute Gasteiger partial charge is 0.226 e. The molecule has 1 aliphatic rings.